The lowest BCUT2D eigenvalue weighted by Crippen LogP contribution is -2.29. The van der Waals surface area contributed by atoms with E-state index in [1.165, 1.54) is 12.1 Å². The van der Waals surface area contributed by atoms with Crippen molar-refractivity contribution in [1.29, 1.82) is 5.26 Å². The van der Waals surface area contributed by atoms with Crippen molar-refractivity contribution in [3.05, 3.63) is 59.7 Å². The molecule has 0 N–H and O–H groups in total. The quantitative estimate of drug-likeness (QED) is 0.837. The maximum absolute atomic E-state index is 12.3. The van der Waals surface area contributed by atoms with Gasteiger partial charge in [-0.05, 0) is 35.9 Å². The second kappa shape index (κ2) is 7.28. The predicted molar refractivity (Wildman–Crippen MR) is 92.2 cm³/mol. The molecule has 0 fully saturated rings. The Morgan fingerprint density at radius 1 is 1.17 bits per heavy atom. The first-order valence-corrected chi connectivity index (χ1v) is 9.34. The summed E-state index contributed by atoms with van der Waals surface area (Å²) in [4.78, 5) is 14.1. The first-order valence-electron chi connectivity index (χ1n) is 7.44. The van der Waals surface area contributed by atoms with E-state index in [4.69, 9.17) is 5.26 Å². The molecule has 5 nitrogen and oxygen atoms in total. The highest BCUT2D eigenvalue weighted by atomic mass is 32.2. The minimum atomic E-state index is -3.25. The SMILES string of the molecule is CCC(=O)N(Cc1ccc(S(C)(=O)=O)cc1)c1cccc(C#N)c1. The Labute approximate surface area is 142 Å². The highest BCUT2D eigenvalue weighted by molar-refractivity contribution is 7.90. The molecule has 1 amide bonds. The van der Waals surface area contributed by atoms with Crippen LogP contribution in [-0.2, 0) is 21.2 Å². The molecule has 0 aliphatic carbocycles. The molecule has 0 heterocycles. The van der Waals surface area contributed by atoms with Crippen LogP contribution in [0.1, 0.15) is 24.5 Å². The van der Waals surface area contributed by atoms with E-state index in [0.717, 1.165) is 11.8 Å². The maximum atomic E-state index is 12.3. The lowest BCUT2D eigenvalue weighted by Gasteiger charge is -2.23. The highest BCUT2D eigenvalue weighted by Gasteiger charge is 2.15. The fourth-order valence-corrected chi connectivity index (χ4v) is 2.91. The van der Waals surface area contributed by atoms with Crippen molar-refractivity contribution in [2.45, 2.75) is 24.8 Å². The van der Waals surface area contributed by atoms with Crippen LogP contribution in [0.15, 0.2) is 53.4 Å². The van der Waals surface area contributed by atoms with Crippen molar-refractivity contribution < 1.29 is 13.2 Å². The van der Waals surface area contributed by atoms with Gasteiger partial charge in [0.1, 0.15) is 0 Å². The summed E-state index contributed by atoms with van der Waals surface area (Å²) in [6, 6.07) is 15.4. The van der Waals surface area contributed by atoms with Crippen LogP contribution in [0, 0.1) is 11.3 Å². The molecule has 0 spiro atoms. The second-order valence-electron chi connectivity index (χ2n) is 5.41. The molecule has 24 heavy (non-hydrogen) atoms. The van der Waals surface area contributed by atoms with Crippen molar-refractivity contribution >= 4 is 21.4 Å². The minimum absolute atomic E-state index is 0.0720. The summed E-state index contributed by atoms with van der Waals surface area (Å²) < 4.78 is 23.0. The minimum Gasteiger partial charge on any atom is -0.308 e. The van der Waals surface area contributed by atoms with E-state index < -0.39 is 9.84 Å². The lowest BCUT2D eigenvalue weighted by atomic mass is 10.1. The molecule has 0 aliphatic rings. The normalized spacial score (nSPS) is 10.9. The van der Waals surface area contributed by atoms with E-state index in [-0.39, 0.29) is 10.8 Å². The molecule has 2 rings (SSSR count). The summed E-state index contributed by atoms with van der Waals surface area (Å²) in [5.74, 6) is -0.0720. The topological polar surface area (TPSA) is 78.2 Å². The summed E-state index contributed by atoms with van der Waals surface area (Å²) in [7, 11) is -3.25. The molecule has 0 unspecified atom stereocenters. The highest BCUT2D eigenvalue weighted by Crippen LogP contribution is 2.21. The van der Waals surface area contributed by atoms with Crippen LogP contribution in [0.2, 0.25) is 0 Å². The molecule has 0 atom stereocenters. The fraction of sp³-hybridized carbons (Fsp3) is 0.222. The monoisotopic (exact) mass is 342 g/mol. The Bertz CT molecular complexity index is 881. The second-order valence-corrected chi connectivity index (χ2v) is 7.43. The molecule has 124 valence electrons. The Morgan fingerprint density at radius 2 is 1.83 bits per heavy atom. The van der Waals surface area contributed by atoms with Gasteiger partial charge in [-0.25, -0.2) is 8.42 Å². The van der Waals surface area contributed by atoms with Crippen LogP contribution in [0.4, 0.5) is 5.69 Å². The first kappa shape index (κ1) is 17.7. The van der Waals surface area contributed by atoms with E-state index in [2.05, 4.69) is 6.07 Å². The van der Waals surface area contributed by atoms with Crippen LogP contribution in [-0.4, -0.2) is 20.6 Å². The number of hydrogen-bond donors (Lipinski definition) is 0. The zero-order valence-corrected chi connectivity index (χ0v) is 14.4. The largest absolute Gasteiger partial charge is 0.308 e. The molecular formula is C18H18N2O3S. The summed E-state index contributed by atoms with van der Waals surface area (Å²) in [5, 5.41) is 9.03. The van der Waals surface area contributed by atoms with Gasteiger partial charge in [0.25, 0.3) is 0 Å². The average Bonchev–Trinajstić information content (AvgIpc) is 2.58. The van der Waals surface area contributed by atoms with E-state index >= 15 is 0 Å². The summed E-state index contributed by atoms with van der Waals surface area (Å²) in [6.45, 7) is 2.09. The number of amides is 1. The zero-order valence-electron chi connectivity index (χ0n) is 13.6. The van der Waals surface area contributed by atoms with Gasteiger partial charge in [0.15, 0.2) is 9.84 Å². The van der Waals surface area contributed by atoms with Gasteiger partial charge in [0.2, 0.25) is 5.91 Å². The van der Waals surface area contributed by atoms with E-state index in [1.54, 1.807) is 48.2 Å². The third-order valence-corrected chi connectivity index (χ3v) is 4.71. The van der Waals surface area contributed by atoms with Gasteiger partial charge in [-0.15, -0.1) is 0 Å². The molecule has 0 radical (unpaired) electrons. The van der Waals surface area contributed by atoms with Gasteiger partial charge < -0.3 is 4.90 Å². The number of hydrogen-bond acceptors (Lipinski definition) is 4. The molecule has 6 heteroatoms. The number of anilines is 1. The van der Waals surface area contributed by atoms with Gasteiger partial charge >= 0.3 is 0 Å². The smallest absolute Gasteiger partial charge is 0.227 e. The third-order valence-electron chi connectivity index (χ3n) is 3.58. The number of rotatable bonds is 5. The number of benzene rings is 2. The third kappa shape index (κ3) is 4.21. The number of nitrogens with zero attached hydrogens (tertiary/aromatic N) is 2. The van der Waals surface area contributed by atoms with Crippen molar-refractivity contribution in [3.63, 3.8) is 0 Å². The molecule has 0 saturated carbocycles. The zero-order chi connectivity index (χ0) is 17.7. The first-order chi connectivity index (χ1) is 11.3. The maximum Gasteiger partial charge on any atom is 0.227 e. The Kier molecular flexibility index (Phi) is 5.37. The molecule has 0 bridgehead atoms. The van der Waals surface area contributed by atoms with Crippen molar-refractivity contribution in [2.75, 3.05) is 11.2 Å². The van der Waals surface area contributed by atoms with Crippen LogP contribution in [0.5, 0.6) is 0 Å². The number of carbonyl (C=O) groups is 1. The number of carbonyl (C=O) groups excluding carboxylic acids is 1. The summed E-state index contributed by atoms with van der Waals surface area (Å²) >= 11 is 0. The Morgan fingerprint density at radius 3 is 2.38 bits per heavy atom. The van der Waals surface area contributed by atoms with Gasteiger partial charge in [0.05, 0.1) is 23.1 Å². The summed E-state index contributed by atoms with van der Waals surface area (Å²) in [6.07, 6.45) is 1.49. The van der Waals surface area contributed by atoms with E-state index in [0.29, 0.717) is 24.2 Å². The van der Waals surface area contributed by atoms with Crippen LogP contribution in [0.3, 0.4) is 0 Å². The average molecular weight is 342 g/mol. The predicted octanol–water partition coefficient (Wildman–Crippen LogP) is 2.90. The van der Waals surface area contributed by atoms with Crippen LogP contribution in [0.25, 0.3) is 0 Å². The molecule has 0 aromatic heterocycles. The van der Waals surface area contributed by atoms with Gasteiger partial charge in [-0.3, -0.25) is 4.79 Å². The lowest BCUT2D eigenvalue weighted by molar-refractivity contribution is -0.118. The molecule has 2 aromatic rings. The Hall–Kier alpha value is -2.65. The van der Waals surface area contributed by atoms with E-state index in [9.17, 15) is 13.2 Å². The van der Waals surface area contributed by atoms with Crippen LogP contribution < -0.4 is 4.90 Å². The number of nitriles is 1. The number of sulfone groups is 1. The van der Waals surface area contributed by atoms with Crippen LogP contribution >= 0.6 is 0 Å². The standard InChI is InChI=1S/C18H18N2O3S/c1-3-18(21)20(16-6-4-5-15(11-16)12-19)13-14-7-9-17(10-8-14)24(2,22)23/h4-11H,3,13H2,1-2H3. The van der Waals surface area contributed by atoms with Crippen molar-refractivity contribution in [2.24, 2.45) is 0 Å². The summed E-state index contributed by atoms with van der Waals surface area (Å²) in [5.41, 5.74) is 1.94. The fourth-order valence-electron chi connectivity index (χ4n) is 2.28. The molecule has 0 saturated heterocycles. The molecule has 2 aromatic carbocycles. The van der Waals surface area contributed by atoms with Gasteiger partial charge in [-0.2, -0.15) is 5.26 Å². The van der Waals surface area contributed by atoms with Crippen molar-refractivity contribution in [3.8, 4) is 6.07 Å². The van der Waals surface area contributed by atoms with Gasteiger partial charge in [0, 0.05) is 18.4 Å². The van der Waals surface area contributed by atoms with E-state index in [1.807, 2.05) is 0 Å². The van der Waals surface area contributed by atoms with Crippen molar-refractivity contribution in [1.82, 2.24) is 0 Å². The van der Waals surface area contributed by atoms with Gasteiger partial charge in [-0.1, -0.05) is 25.1 Å². The molecular weight excluding hydrogens is 324 g/mol. The Balaban J connectivity index is 2.33. The molecule has 0 aliphatic heterocycles.